The highest BCUT2D eigenvalue weighted by Gasteiger charge is 2.38. The van der Waals surface area contributed by atoms with Crippen molar-refractivity contribution < 1.29 is 18.2 Å². The summed E-state index contributed by atoms with van der Waals surface area (Å²) in [4.78, 5) is 26.7. The van der Waals surface area contributed by atoms with Crippen molar-refractivity contribution in [3.63, 3.8) is 0 Å². The van der Waals surface area contributed by atoms with Gasteiger partial charge < -0.3 is 40.7 Å². The Kier molecular flexibility index (Phi) is 29.0. The van der Waals surface area contributed by atoms with Crippen molar-refractivity contribution in [1.82, 2.24) is 58.0 Å². The van der Waals surface area contributed by atoms with Crippen LogP contribution in [0.3, 0.4) is 0 Å². The monoisotopic (exact) mass is 1260 g/mol. The molecule has 0 spiro atoms. The minimum absolute atomic E-state index is 0.0194. The second-order valence-corrected chi connectivity index (χ2v) is 41.7. The number of nitrogens with one attached hydrogen (secondary N) is 4. The highest BCUT2D eigenvalue weighted by atomic mass is 28.4. The largest absolute Gasteiger partial charge is 0.417 e. The van der Waals surface area contributed by atoms with Crippen LogP contribution < -0.4 is 27.4 Å². The molecule has 0 unspecified atom stereocenters. The zero-order valence-corrected chi connectivity index (χ0v) is 59.6. The Labute approximate surface area is 522 Å². The summed E-state index contributed by atoms with van der Waals surface area (Å²) in [5.41, 5.74) is 13.4. The second kappa shape index (κ2) is 33.8. The van der Waals surface area contributed by atoms with E-state index in [1.807, 2.05) is 14.1 Å². The van der Waals surface area contributed by atoms with Crippen molar-refractivity contribution in [2.75, 3.05) is 61.1 Å². The normalized spacial score (nSPS) is 13.5. The molecule has 6 aromatic rings. The SMILES string of the molecule is C[C@H](CCCO[Si](C)(C)C(C)(C)C)CNc1c(N)cnn1C.C[C@H](CCCO[Si](C)(C)C(C)(C)C)CNc1c(N=C(N)n2ccnc2)cnn1C.C[C@H](CCCO[Si](C)(C)C(C)(C)C)CNc1c([N+](=O)[O-])cnn1C.N=C(n1ccnc1)n1ccnc1. The van der Waals surface area contributed by atoms with Crippen molar-refractivity contribution in [3.8, 4) is 0 Å². The van der Waals surface area contributed by atoms with Gasteiger partial charge in [-0.05, 0) is 111 Å². The molecule has 0 fully saturated rings. The topological polar surface area (TPSA) is 302 Å². The van der Waals surface area contributed by atoms with Crippen LogP contribution in [0.5, 0.6) is 0 Å². The minimum atomic E-state index is -1.67. The molecule has 3 atom stereocenters. The number of hydrogen-bond acceptors (Lipinski definition) is 17. The molecule has 0 aromatic carbocycles. The van der Waals surface area contributed by atoms with Gasteiger partial charge in [-0.15, -0.1) is 0 Å². The summed E-state index contributed by atoms with van der Waals surface area (Å²) in [5.74, 6) is 4.39. The number of nitro groups is 1. The van der Waals surface area contributed by atoms with Crippen molar-refractivity contribution >= 4 is 71.4 Å². The minimum Gasteiger partial charge on any atom is -0.417 e. The summed E-state index contributed by atoms with van der Waals surface area (Å²) in [6, 6.07) is 0. The number of aryl methyl sites for hydroxylation is 3. The molecule has 488 valence electrons. The van der Waals surface area contributed by atoms with Crippen LogP contribution >= 0.6 is 0 Å². The molecule has 0 aliphatic rings. The van der Waals surface area contributed by atoms with Crippen LogP contribution in [0.25, 0.3) is 0 Å². The molecular formula is C59H110N20O5Si3. The molecule has 0 aliphatic carbocycles. The van der Waals surface area contributed by atoms with Gasteiger partial charge in [0.05, 0.1) is 23.0 Å². The first-order chi connectivity index (χ1) is 40.4. The zero-order valence-electron chi connectivity index (χ0n) is 56.6. The van der Waals surface area contributed by atoms with Crippen LogP contribution in [0.2, 0.25) is 54.4 Å². The van der Waals surface area contributed by atoms with Gasteiger partial charge >= 0.3 is 5.69 Å². The predicted octanol–water partition coefficient (Wildman–Crippen LogP) is 12.4. The lowest BCUT2D eigenvalue weighted by Gasteiger charge is -2.36. The number of aromatic nitrogens is 12. The molecule has 0 radical (unpaired) electrons. The Balaban J connectivity index is 0.000000314. The molecule has 6 rings (SSSR count). The first-order valence-corrected chi connectivity index (χ1v) is 39.1. The maximum Gasteiger partial charge on any atom is 0.330 e. The zero-order chi connectivity index (χ0) is 65.6. The summed E-state index contributed by atoms with van der Waals surface area (Å²) >= 11 is 0. The Morgan fingerprint density at radius 3 is 1.30 bits per heavy atom. The van der Waals surface area contributed by atoms with E-state index in [2.05, 4.69) is 174 Å². The van der Waals surface area contributed by atoms with E-state index in [0.29, 0.717) is 53.4 Å². The van der Waals surface area contributed by atoms with E-state index in [1.165, 1.54) is 10.9 Å². The van der Waals surface area contributed by atoms with Gasteiger partial charge in [-0.2, -0.15) is 15.3 Å². The van der Waals surface area contributed by atoms with E-state index in [0.717, 1.165) is 83.1 Å². The van der Waals surface area contributed by atoms with Gasteiger partial charge in [0.2, 0.25) is 17.7 Å². The summed E-state index contributed by atoms with van der Waals surface area (Å²) in [5, 5.41) is 41.8. The van der Waals surface area contributed by atoms with Gasteiger partial charge in [0.25, 0.3) is 0 Å². The number of rotatable bonds is 26. The van der Waals surface area contributed by atoms with Crippen LogP contribution in [0.15, 0.2) is 79.7 Å². The maximum absolute atomic E-state index is 11.0. The average molecular weight is 1260 g/mol. The number of imidazole rings is 3. The molecule has 0 saturated heterocycles. The third-order valence-electron chi connectivity index (χ3n) is 16.7. The highest BCUT2D eigenvalue weighted by molar-refractivity contribution is 6.74. The lowest BCUT2D eigenvalue weighted by Crippen LogP contribution is -2.41. The predicted molar refractivity (Wildman–Crippen MR) is 363 cm³/mol. The lowest BCUT2D eigenvalue weighted by atomic mass is 10.1. The number of hydrogen-bond donors (Lipinski definition) is 6. The van der Waals surface area contributed by atoms with Crippen LogP contribution in [0.1, 0.15) is 122 Å². The van der Waals surface area contributed by atoms with Crippen molar-refractivity contribution in [2.24, 2.45) is 49.6 Å². The van der Waals surface area contributed by atoms with E-state index in [4.69, 9.17) is 30.2 Å². The quantitative estimate of drug-likeness (QED) is 0.00734. The molecule has 8 N–H and O–H groups in total. The number of nitrogens with two attached hydrogens (primary N) is 2. The first kappa shape index (κ1) is 74.8. The molecular weight excluding hydrogens is 1150 g/mol. The summed E-state index contributed by atoms with van der Waals surface area (Å²) in [6.07, 6.45) is 26.0. The van der Waals surface area contributed by atoms with E-state index >= 15 is 0 Å². The average Bonchev–Trinajstić information content (AvgIpc) is 4.31. The fourth-order valence-corrected chi connectivity index (χ4v) is 10.9. The van der Waals surface area contributed by atoms with Crippen LogP contribution in [-0.2, 0) is 34.4 Å². The maximum atomic E-state index is 11.0. The third kappa shape index (κ3) is 24.6. The van der Waals surface area contributed by atoms with Gasteiger partial charge in [-0.3, -0.25) is 38.6 Å². The van der Waals surface area contributed by atoms with Crippen molar-refractivity contribution in [2.45, 2.75) is 176 Å². The van der Waals surface area contributed by atoms with Gasteiger partial charge in [-0.1, -0.05) is 83.1 Å². The van der Waals surface area contributed by atoms with E-state index in [9.17, 15) is 10.1 Å². The van der Waals surface area contributed by atoms with Crippen molar-refractivity contribution in [1.29, 1.82) is 5.41 Å². The van der Waals surface area contributed by atoms with E-state index < -0.39 is 29.9 Å². The van der Waals surface area contributed by atoms with Gasteiger partial charge in [0.15, 0.2) is 25.0 Å². The fraction of sp³-hybridized carbons (Fsp3) is 0.661. The summed E-state index contributed by atoms with van der Waals surface area (Å²) < 4.78 is 28.6. The molecule has 6 heterocycles. The highest BCUT2D eigenvalue weighted by Crippen LogP contribution is 2.39. The van der Waals surface area contributed by atoms with Gasteiger partial charge in [0.1, 0.15) is 42.5 Å². The standard InChI is InChI=1S/C20H37N7OSi.C16H32N4O3Si.C16H34N4OSi.C7H7N5/c1-16(9-8-12-28-29(6,7)20(2,3)4)13-23-18-17(14-24-26(18)5)25-19(21)27-11-10-22-15-27;1-13(9-8-10-23-24(6,7)16(2,3)4)11-17-15-14(20(21)22)12-18-19(15)5;1-13(11-18-15-14(17)12-19-20(15)5)9-8-10-21-22(6,7)16(2,3)4;8-7(11-3-1-9-5-11)12-4-2-10-6-12/h10-11,14-16,23H,8-9,12-13H2,1-7H3,(H2,21,25);12-13,17H,8-11H2,1-7H3;12-13,18H,8-11,17H2,1-7H3;1-6,8H/t16-;2*13-;/m111./s1. The molecule has 0 bridgehead atoms. The molecule has 87 heavy (non-hydrogen) atoms. The van der Waals surface area contributed by atoms with Crippen molar-refractivity contribution in [3.05, 3.63) is 84.9 Å². The Morgan fingerprint density at radius 2 is 0.943 bits per heavy atom. The molecule has 25 nitrogen and oxygen atoms in total. The molecule has 0 amide bonds. The number of nitrogen functional groups attached to an aromatic ring is 1. The smallest absolute Gasteiger partial charge is 0.330 e. The Hall–Kier alpha value is -6.47. The number of nitrogens with zero attached hydrogens (tertiary/aromatic N) is 14. The fourth-order valence-electron chi connectivity index (χ4n) is 7.67. The van der Waals surface area contributed by atoms with Crippen LogP contribution in [0, 0.1) is 33.3 Å². The summed E-state index contributed by atoms with van der Waals surface area (Å²) in [6.45, 7) is 45.7. The number of anilines is 4. The van der Waals surface area contributed by atoms with Gasteiger partial charge in [0, 0.05) is 97.8 Å². The molecule has 28 heteroatoms. The van der Waals surface area contributed by atoms with E-state index in [1.54, 1.807) is 98.7 Å². The number of aliphatic imine (C=N–C) groups is 1. The molecule has 0 aliphatic heterocycles. The molecule has 6 aromatic heterocycles. The van der Waals surface area contributed by atoms with Crippen LogP contribution in [0.4, 0.5) is 34.5 Å². The second-order valence-electron chi connectivity index (χ2n) is 27.2. The Morgan fingerprint density at radius 1 is 0.598 bits per heavy atom. The Bertz CT molecular complexity index is 2890. The first-order valence-electron chi connectivity index (χ1n) is 30.4. The lowest BCUT2D eigenvalue weighted by molar-refractivity contribution is -0.384. The third-order valence-corrected chi connectivity index (χ3v) is 30.3. The van der Waals surface area contributed by atoms with Crippen LogP contribution in [-0.4, -0.2) is 139 Å². The van der Waals surface area contributed by atoms with Gasteiger partial charge in [-0.25, -0.2) is 24.6 Å². The molecule has 0 saturated carbocycles. The summed E-state index contributed by atoms with van der Waals surface area (Å²) in [7, 11) is 0.577. The van der Waals surface area contributed by atoms with E-state index in [-0.39, 0.29) is 20.8 Å².